The van der Waals surface area contributed by atoms with E-state index in [1.165, 1.54) is 0 Å². The third-order valence-corrected chi connectivity index (χ3v) is 5.50. The number of hydrogen-bond acceptors (Lipinski definition) is 5. The van der Waals surface area contributed by atoms with Crippen LogP contribution in [0.15, 0.2) is 102 Å². The summed E-state index contributed by atoms with van der Waals surface area (Å²) < 4.78 is 29.2. The Morgan fingerprint density at radius 2 is 1.40 bits per heavy atom. The standard InChI is InChI=1S/C19H17N2O2S.C5H5N.C2H4O2.Pd/c1-14-6-9-16(10-7-14)24(22,23)21-19-11-8-15(2)13-17(19)18-5-3-4-12-20-18;1-2-4-6-5-3-1;1-2(3)4;/h3-13H,1-2H3;1-5H;1H3,(H,3,4);/q-1;;;. The first-order valence-electron chi connectivity index (χ1n) is 10.3. The number of carboxylic acids is 1. The number of hydrogen-bond donors (Lipinski definition) is 1. The Kier molecular flexibility index (Phi) is 12.5. The van der Waals surface area contributed by atoms with E-state index in [1.54, 1.807) is 48.9 Å². The number of rotatable bonds is 4. The summed E-state index contributed by atoms with van der Waals surface area (Å²) in [4.78, 5) is 17.3. The molecule has 0 amide bonds. The summed E-state index contributed by atoms with van der Waals surface area (Å²) >= 11 is 0. The first-order chi connectivity index (χ1) is 16.2. The molecule has 0 bridgehead atoms. The maximum absolute atomic E-state index is 12.6. The molecule has 0 atom stereocenters. The van der Waals surface area contributed by atoms with Crippen molar-refractivity contribution in [2.24, 2.45) is 0 Å². The minimum atomic E-state index is -3.78. The van der Waals surface area contributed by atoms with Gasteiger partial charge in [0.15, 0.2) is 0 Å². The van der Waals surface area contributed by atoms with Crippen LogP contribution in [0.1, 0.15) is 18.1 Å². The Balaban J connectivity index is 0.000000467. The van der Waals surface area contributed by atoms with Gasteiger partial charge in [0.25, 0.3) is 5.97 Å². The molecule has 7 nitrogen and oxygen atoms in total. The average Bonchev–Trinajstić information content (AvgIpc) is 2.82. The number of carbonyl (C=O) groups is 1. The summed E-state index contributed by atoms with van der Waals surface area (Å²) in [7, 11) is -3.78. The fraction of sp³-hybridized carbons (Fsp3) is 0.115. The second-order valence-corrected chi connectivity index (χ2v) is 8.76. The van der Waals surface area contributed by atoms with Gasteiger partial charge in [0.05, 0.1) is 10.6 Å². The molecule has 2 heterocycles. The minimum absolute atomic E-state index is 0. The van der Waals surface area contributed by atoms with Gasteiger partial charge in [0, 0.05) is 45.9 Å². The van der Waals surface area contributed by atoms with Crippen molar-refractivity contribution in [1.29, 1.82) is 0 Å². The molecule has 2 aromatic heterocycles. The molecule has 4 rings (SSSR count). The SMILES string of the molecule is CC(=O)O.Cc1ccc(S(=O)(=O)[N-]c2ccc(C)cc2-c2ccccn2)cc1.[Pd].c1ccncc1. The zero-order valence-corrected chi connectivity index (χ0v) is 21.8. The van der Waals surface area contributed by atoms with E-state index in [9.17, 15) is 8.42 Å². The van der Waals surface area contributed by atoms with Gasteiger partial charge in [0.1, 0.15) is 10.0 Å². The molecule has 4 aromatic rings. The third-order valence-electron chi connectivity index (χ3n) is 4.20. The van der Waals surface area contributed by atoms with Gasteiger partial charge in [0.2, 0.25) is 0 Å². The van der Waals surface area contributed by atoms with Crippen LogP contribution in [0.3, 0.4) is 0 Å². The van der Waals surface area contributed by atoms with Gasteiger partial charge in [-0.3, -0.25) is 14.8 Å². The van der Waals surface area contributed by atoms with Crippen LogP contribution in [0.25, 0.3) is 16.0 Å². The molecule has 0 spiro atoms. The molecule has 0 fully saturated rings. The first kappa shape index (κ1) is 29.7. The van der Waals surface area contributed by atoms with Gasteiger partial charge < -0.3 is 9.83 Å². The molecule has 2 aromatic carbocycles. The van der Waals surface area contributed by atoms with Crippen molar-refractivity contribution in [2.75, 3.05) is 0 Å². The van der Waals surface area contributed by atoms with Crippen LogP contribution in [0, 0.1) is 13.8 Å². The quantitative estimate of drug-likeness (QED) is 0.299. The topological polar surface area (TPSA) is 111 Å². The van der Waals surface area contributed by atoms with Crippen LogP contribution in [0.2, 0.25) is 0 Å². The van der Waals surface area contributed by atoms with Crippen LogP contribution in [0.4, 0.5) is 5.69 Å². The molecule has 0 aliphatic carbocycles. The normalized spacial score (nSPS) is 9.80. The fourth-order valence-corrected chi connectivity index (χ4v) is 3.67. The second kappa shape index (κ2) is 14.8. The van der Waals surface area contributed by atoms with Crippen LogP contribution < -0.4 is 0 Å². The Labute approximate surface area is 220 Å². The average molecular weight is 583 g/mol. The van der Waals surface area contributed by atoms with E-state index in [0.717, 1.165) is 18.1 Å². The maximum atomic E-state index is 12.6. The Morgan fingerprint density at radius 3 is 1.89 bits per heavy atom. The van der Waals surface area contributed by atoms with Gasteiger partial charge in [-0.05, 0) is 55.8 Å². The number of aliphatic carboxylic acids is 1. The number of pyridine rings is 2. The van der Waals surface area contributed by atoms with E-state index < -0.39 is 16.0 Å². The zero-order chi connectivity index (χ0) is 25.0. The predicted molar refractivity (Wildman–Crippen MR) is 133 cm³/mol. The summed E-state index contributed by atoms with van der Waals surface area (Å²) in [5.41, 5.74) is 3.80. The maximum Gasteiger partial charge on any atom is 0.300 e. The molecule has 1 N–H and O–H groups in total. The largest absolute Gasteiger partial charge is 0.572 e. The number of nitrogens with zero attached hydrogens (tertiary/aromatic N) is 3. The molecule has 9 heteroatoms. The summed E-state index contributed by atoms with van der Waals surface area (Å²) in [6.45, 7) is 4.94. The van der Waals surface area contributed by atoms with Crippen molar-refractivity contribution in [3.05, 3.63) is 113 Å². The monoisotopic (exact) mass is 582 g/mol. The third kappa shape index (κ3) is 10.6. The number of carboxylic acid groups (broad SMARTS) is 1. The van der Waals surface area contributed by atoms with Gasteiger partial charge in [-0.2, -0.15) is 0 Å². The Hall–Kier alpha value is -3.38. The smallest absolute Gasteiger partial charge is 0.300 e. The zero-order valence-electron chi connectivity index (χ0n) is 19.5. The molecule has 0 aliphatic rings. The number of benzene rings is 2. The Morgan fingerprint density at radius 1 is 0.829 bits per heavy atom. The molecule has 0 saturated carbocycles. The van der Waals surface area contributed by atoms with Crippen LogP contribution in [0.5, 0.6) is 0 Å². The van der Waals surface area contributed by atoms with Gasteiger partial charge in [-0.15, -0.1) is 5.69 Å². The van der Waals surface area contributed by atoms with Crippen molar-refractivity contribution in [1.82, 2.24) is 9.97 Å². The van der Waals surface area contributed by atoms with Crippen LogP contribution in [-0.2, 0) is 35.2 Å². The first-order valence-corrected chi connectivity index (χ1v) is 11.7. The molecule has 0 radical (unpaired) electrons. The van der Waals surface area contributed by atoms with Gasteiger partial charge >= 0.3 is 0 Å². The van der Waals surface area contributed by atoms with E-state index in [2.05, 4.69) is 14.7 Å². The number of aromatic nitrogens is 2. The molecular weight excluding hydrogens is 557 g/mol. The van der Waals surface area contributed by atoms with E-state index in [-0.39, 0.29) is 25.3 Å². The van der Waals surface area contributed by atoms with Crippen molar-refractivity contribution < 1.29 is 38.7 Å². The Bertz CT molecular complexity index is 1250. The van der Waals surface area contributed by atoms with Crippen molar-refractivity contribution in [3.63, 3.8) is 0 Å². The van der Waals surface area contributed by atoms with Crippen molar-refractivity contribution >= 4 is 21.7 Å². The molecule has 0 saturated heterocycles. The minimum Gasteiger partial charge on any atom is -0.572 e. The van der Waals surface area contributed by atoms with E-state index in [4.69, 9.17) is 9.90 Å². The molecular formula is C26H26N3O4PdS-. The van der Waals surface area contributed by atoms with Crippen molar-refractivity contribution in [3.8, 4) is 11.3 Å². The number of aryl methyl sites for hydroxylation is 2. The fourth-order valence-electron chi connectivity index (χ4n) is 2.66. The van der Waals surface area contributed by atoms with Crippen LogP contribution in [-0.4, -0.2) is 29.5 Å². The van der Waals surface area contributed by atoms with Gasteiger partial charge in [-0.25, -0.2) is 8.42 Å². The predicted octanol–water partition coefficient (Wildman–Crippen LogP) is 5.93. The second-order valence-electron chi connectivity index (χ2n) is 7.16. The van der Waals surface area contributed by atoms with Crippen molar-refractivity contribution in [2.45, 2.75) is 25.7 Å². The van der Waals surface area contributed by atoms with E-state index >= 15 is 0 Å². The molecule has 186 valence electrons. The summed E-state index contributed by atoms with van der Waals surface area (Å²) in [5, 5.41) is 7.42. The van der Waals surface area contributed by atoms with E-state index in [1.807, 2.05) is 62.4 Å². The molecule has 0 unspecified atom stereocenters. The molecule has 0 aliphatic heterocycles. The van der Waals surface area contributed by atoms with E-state index in [0.29, 0.717) is 16.9 Å². The summed E-state index contributed by atoms with van der Waals surface area (Å²) in [6.07, 6.45) is 5.18. The number of sulfonamides is 1. The summed E-state index contributed by atoms with van der Waals surface area (Å²) in [6, 6.07) is 23.4. The van der Waals surface area contributed by atoms with Gasteiger partial charge in [-0.1, -0.05) is 53.6 Å². The molecule has 35 heavy (non-hydrogen) atoms. The summed E-state index contributed by atoms with van der Waals surface area (Å²) in [5.74, 6) is -0.833. The van der Waals surface area contributed by atoms with Crippen LogP contribution >= 0.6 is 0 Å².